The van der Waals surface area contributed by atoms with Crippen LogP contribution in [0.3, 0.4) is 0 Å². The fourth-order valence-corrected chi connectivity index (χ4v) is 3.57. The van der Waals surface area contributed by atoms with Gasteiger partial charge in [0.1, 0.15) is 23.1 Å². The number of ether oxygens (including phenoxy) is 4. The highest BCUT2D eigenvalue weighted by Gasteiger charge is 2.17. The molecule has 2 aromatic heterocycles. The van der Waals surface area contributed by atoms with E-state index in [4.69, 9.17) is 18.9 Å². The molecule has 0 bridgehead atoms. The molecule has 0 atom stereocenters. The maximum absolute atomic E-state index is 5.78. The van der Waals surface area contributed by atoms with Gasteiger partial charge in [0.25, 0.3) is 0 Å². The summed E-state index contributed by atoms with van der Waals surface area (Å²) in [6.45, 7) is 0.508. The summed E-state index contributed by atoms with van der Waals surface area (Å²) in [6, 6.07) is 13.1. The van der Waals surface area contributed by atoms with Crippen molar-refractivity contribution in [1.82, 2.24) is 19.8 Å². The van der Waals surface area contributed by atoms with E-state index in [1.807, 2.05) is 42.5 Å². The van der Waals surface area contributed by atoms with Gasteiger partial charge in [0.15, 0.2) is 17.3 Å². The summed E-state index contributed by atoms with van der Waals surface area (Å²) < 4.78 is 23.4. The number of benzene rings is 2. The Morgan fingerprint density at radius 2 is 1.85 bits per heavy atom. The number of aromatic nitrogens is 4. The van der Waals surface area contributed by atoms with Gasteiger partial charge in [0.05, 0.1) is 7.11 Å². The molecule has 27 heavy (non-hydrogen) atoms. The molecule has 136 valence electrons. The second-order valence-corrected chi connectivity index (χ2v) is 6.71. The average Bonchev–Trinajstić information content (AvgIpc) is 3.42. The van der Waals surface area contributed by atoms with Crippen LogP contribution < -0.4 is 18.9 Å². The molecule has 4 aromatic rings. The molecular weight excluding hydrogens is 368 g/mol. The van der Waals surface area contributed by atoms with E-state index in [2.05, 4.69) is 15.3 Å². The first-order chi connectivity index (χ1) is 13.3. The second-order valence-electron chi connectivity index (χ2n) is 5.75. The van der Waals surface area contributed by atoms with Gasteiger partial charge in [-0.15, -0.1) is 10.2 Å². The van der Waals surface area contributed by atoms with Gasteiger partial charge in [0.2, 0.25) is 11.8 Å². The summed E-state index contributed by atoms with van der Waals surface area (Å²) in [7, 11) is 1.63. The molecule has 5 rings (SSSR count). The van der Waals surface area contributed by atoms with Crippen molar-refractivity contribution >= 4 is 16.3 Å². The van der Waals surface area contributed by atoms with Crippen molar-refractivity contribution in [2.75, 3.05) is 13.9 Å². The molecule has 0 spiro atoms. The third-order valence-corrected chi connectivity index (χ3v) is 5.05. The lowest BCUT2D eigenvalue weighted by Gasteiger charge is -2.05. The van der Waals surface area contributed by atoms with Crippen molar-refractivity contribution in [2.45, 2.75) is 6.61 Å². The van der Waals surface area contributed by atoms with Gasteiger partial charge < -0.3 is 18.9 Å². The fourth-order valence-electron chi connectivity index (χ4n) is 2.71. The SMILES string of the molecule is COc1ccc(OCc2nnc3sc(-c4ccc5c(c4)OCO5)nn23)cc1. The lowest BCUT2D eigenvalue weighted by atomic mass is 10.2. The molecule has 1 aliphatic rings. The average molecular weight is 382 g/mol. The maximum atomic E-state index is 5.78. The summed E-state index contributed by atoms with van der Waals surface area (Å²) in [6.07, 6.45) is 0. The van der Waals surface area contributed by atoms with Crippen LogP contribution >= 0.6 is 11.3 Å². The minimum absolute atomic E-state index is 0.247. The Balaban J connectivity index is 1.38. The van der Waals surface area contributed by atoms with Crippen LogP contribution in [0.15, 0.2) is 42.5 Å². The molecule has 0 saturated carbocycles. The van der Waals surface area contributed by atoms with Gasteiger partial charge in [-0.05, 0) is 42.5 Å². The lowest BCUT2D eigenvalue weighted by molar-refractivity contribution is 0.174. The second kappa shape index (κ2) is 6.44. The van der Waals surface area contributed by atoms with E-state index in [9.17, 15) is 0 Å². The zero-order chi connectivity index (χ0) is 18.2. The molecule has 0 amide bonds. The van der Waals surface area contributed by atoms with E-state index < -0.39 is 0 Å². The Morgan fingerprint density at radius 1 is 1.04 bits per heavy atom. The zero-order valence-electron chi connectivity index (χ0n) is 14.3. The molecule has 0 N–H and O–H groups in total. The molecule has 1 aliphatic heterocycles. The number of fused-ring (bicyclic) bond motifs is 2. The molecule has 2 aromatic carbocycles. The van der Waals surface area contributed by atoms with E-state index in [1.54, 1.807) is 11.6 Å². The van der Waals surface area contributed by atoms with Crippen LogP contribution in [-0.2, 0) is 6.61 Å². The van der Waals surface area contributed by atoms with Crippen LogP contribution in [0.2, 0.25) is 0 Å². The minimum atomic E-state index is 0.247. The highest BCUT2D eigenvalue weighted by molar-refractivity contribution is 7.19. The van der Waals surface area contributed by atoms with E-state index in [0.717, 1.165) is 33.6 Å². The number of hydrogen-bond acceptors (Lipinski definition) is 8. The van der Waals surface area contributed by atoms with E-state index in [0.29, 0.717) is 10.8 Å². The Labute approximate surface area is 157 Å². The van der Waals surface area contributed by atoms with E-state index in [-0.39, 0.29) is 13.4 Å². The van der Waals surface area contributed by atoms with Crippen LogP contribution in [0.1, 0.15) is 5.82 Å². The number of rotatable bonds is 5. The van der Waals surface area contributed by atoms with Gasteiger partial charge in [-0.3, -0.25) is 0 Å². The van der Waals surface area contributed by atoms with Gasteiger partial charge >= 0.3 is 0 Å². The van der Waals surface area contributed by atoms with Crippen molar-refractivity contribution in [3.63, 3.8) is 0 Å². The van der Waals surface area contributed by atoms with Crippen molar-refractivity contribution in [2.24, 2.45) is 0 Å². The highest BCUT2D eigenvalue weighted by Crippen LogP contribution is 2.37. The summed E-state index contributed by atoms with van der Waals surface area (Å²) in [5.74, 6) is 3.60. The van der Waals surface area contributed by atoms with Crippen LogP contribution in [0, 0.1) is 0 Å². The quantitative estimate of drug-likeness (QED) is 0.524. The smallest absolute Gasteiger partial charge is 0.235 e. The Hall–Kier alpha value is -3.33. The van der Waals surface area contributed by atoms with Gasteiger partial charge in [-0.2, -0.15) is 9.61 Å². The lowest BCUT2D eigenvalue weighted by Crippen LogP contribution is -2.02. The molecule has 0 fully saturated rings. The minimum Gasteiger partial charge on any atom is -0.497 e. The number of hydrogen-bond donors (Lipinski definition) is 0. The first-order valence-corrected chi connectivity index (χ1v) is 9.00. The Kier molecular flexibility index (Phi) is 3.79. The van der Waals surface area contributed by atoms with E-state index >= 15 is 0 Å². The molecule has 3 heterocycles. The first kappa shape index (κ1) is 15.9. The van der Waals surface area contributed by atoms with Crippen LogP contribution in [0.5, 0.6) is 23.0 Å². The summed E-state index contributed by atoms with van der Waals surface area (Å²) >= 11 is 1.45. The maximum Gasteiger partial charge on any atom is 0.235 e. The van der Waals surface area contributed by atoms with Gasteiger partial charge in [0, 0.05) is 5.56 Å². The number of nitrogens with zero attached hydrogens (tertiary/aromatic N) is 4. The van der Waals surface area contributed by atoms with Crippen molar-refractivity contribution in [1.29, 1.82) is 0 Å². The molecule has 8 nitrogen and oxygen atoms in total. The number of methoxy groups -OCH3 is 1. The van der Waals surface area contributed by atoms with Gasteiger partial charge in [-0.25, -0.2) is 0 Å². The van der Waals surface area contributed by atoms with Crippen LogP contribution in [0.4, 0.5) is 0 Å². The highest BCUT2D eigenvalue weighted by atomic mass is 32.1. The predicted octanol–water partition coefficient (Wildman–Crippen LogP) is 3.17. The molecule has 0 radical (unpaired) electrons. The molecule has 9 heteroatoms. The summed E-state index contributed by atoms with van der Waals surface area (Å²) in [4.78, 5) is 0.705. The summed E-state index contributed by atoms with van der Waals surface area (Å²) in [5.41, 5.74) is 0.941. The van der Waals surface area contributed by atoms with Crippen molar-refractivity contribution in [3.05, 3.63) is 48.3 Å². The van der Waals surface area contributed by atoms with E-state index in [1.165, 1.54) is 11.3 Å². The zero-order valence-corrected chi connectivity index (χ0v) is 15.1. The van der Waals surface area contributed by atoms with Gasteiger partial charge in [-0.1, -0.05) is 11.3 Å². The third-order valence-electron chi connectivity index (χ3n) is 4.10. The topological polar surface area (TPSA) is 80.0 Å². The Morgan fingerprint density at radius 3 is 2.70 bits per heavy atom. The Bertz CT molecular complexity index is 1110. The molecular formula is C18H14N4O4S. The normalized spacial score (nSPS) is 12.5. The van der Waals surface area contributed by atoms with Crippen molar-refractivity contribution in [3.8, 4) is 33.6 Å². The molecule has 0 aliphatic carbocycles. The fraction of sp³-hybridized carbons (Fsp3) is 0.167. The van der Waals surface area contributed by atoms with Crippen LogP contribution in [0.25, 0.3) is 15.5 Å². The van der Waals surface area contributed by atoms with Crippen LogP contribution in [-0.4, -0.2) is 33.7 Å². The third kappa shape index (κ3) is 2.91. The van der Waals surface area contributed by atoms with Crippen molar-refractivity contribution < 1.29 is 18.9 Å². The monoisotopic (exact) mass is 382 g/mol. The molecule has 0 saturated heterocycles. The standard InChI is InChI=1S/C18H14N4O4S/c1-23-12-3-5-13(6-4-12)24-9-16-19-20-18-22(16)21-17(27-18)11-2-7-14-15(8-11)26-10-25-14/h2-8H,9-10H2,1H3. The predicted molar refractivity (Wildman–Crippen MR) is 97.5 cm³/mol. The molecule has 0 unspecified atom stereocenters. The summed E-state index contributed by atoms with van der Waals surface area (Å²) in [5, 5.41) is 13.8. The largest absolute Gasteiger partial charge is 0.497 e. The first-order valence-electron chi connectivity index (χ1n) is 8.18.